The van der Waals surface area contributed by atoms with Crippen LogP contribution in [-0.2, 0) is 11.5 Å². The van der Waals surface area contributed by atoms with Crippen LogP contribution < -0.4 is 0 Å². The minimum absolute atomic E-state index is 0.125. The molecule has 5 rings (SSSR count). The second-order valence-corrected chi connectivity index (χ2v) is 10.9. The van der Waals surface area contributed by atoms with E-state index in [-0.39, 0.29) is 46.5 Å². The molecular weight excluding hydrogens is 544 g/mol. The molecule has 2 heterocycles. The van der Waals surface area contributed by atoms with Crippen molar-refractivity contribution in [1.29, 1.82) is 0 Å². The molecule has 0 bridgehead atoms. The van der Waals surface area contributed by atoms with Gasteiger partial charge < -0.3 is 0 Å². The molecule has 5 aromatic rings. The Morgan fingerprint density at radius 1 is 0.625 bits per heavy atom. The lowest BCUT2D eigenvalue weighted by Crippen LogP contribution is -2.15. The second-order valence-electron chi connectivity index (χ2n) is 8.99. The molecule has 3 aromatic carbocycles. The summed E-state index contributed by atoms with van der Waals surface area (Å²) in [4.78, 5) is 60.3. The minimum Gasteiger partial charge on any atom is -0.278 e. The first kappa shape index (κ1) is 27.5. The van der Waals surface area contributed by atoms with Gasteiger partial charge in [0, 0.05) is 24.3 Å². The maximum atomic E-state index is 13.1. The van der Waals surface area contributed by atoms with E-state index < -0.39 is 0 Å². The zero-order valence-corrected chi connectivity index (χ0v) is 23.6. The van der Waals surface area contributed by atoms with Gasteiger partial charge in [0.15, 0.2) is 11.6 Å². The highest BCUT2D eigenvalue weighted by Crippen LogP contribution is 2.26. The number of benzene rings is 3. The topological polar surface area (TPSA) is 104 Å². The van der Waals surface area contributed by atoms with Crippen LogP contribution in [0.25, 0.3) is 22.1 Å². The number of hydrogen-bond acceptors (Lipinski definition) is 8. The highest BCUT2D eigenvalue weighted by Gasteiger charge is 2.23. The minimum atomic E-state index is -0.285. The molecule has 0 aliphatic rings. The number of thioether (sulfide) groups is 2. The summed E-state index contributed by atoms with van der Waals surface area (Å²) in [6, 6.07) is 22.1. The van der Waals surface area contributed by atoms with E-state index in [9.17, 15) is 19.2 Å². The first-order valence-corrected chi connectivity index (χ1v) is 14.8. The van der Waals surface area contributed by atoms with Gasteiger partial charge in [-0.3, -0.25) is 28.3 Å². The van der Waals surface area contributed by atoms with Crippen molar-refractivity contribution in [3.8, 4) is 0 Å². The van der Waals surface area contributed by atoms with E-state index in [0.717, 1.165) is 34.7 Å². The Kier molecular flexibility index (Phi) is 8.27. The first-order chi connectivity index (χ1) is 19.4. The zero-order chi connectivity index (χ0) is 28.2. The summed E-state index contributed by atoms with van der Waals surface area (Å²) >= 11 is 2.16. The summed E-state index contributed by atoms with van der Waals surface area (Å²) < 4.78 is 2.81. The smallest absolute Gasteiger partial charge is 0.255 e. The van der Waals surface area contributed by atoms with Gasteiger partial charge in [0.2, 0.25) is 11.8 Å². The molecule has 40 heavy (non-hydrogen) atoms. The average molecular weight is 571 g/mol. The number of carbonyl (C=O) groups is 4. The molecular formula is C30H26N4O4S2. The molecule has 0 unspecified atom stereocenters. The van der Waals surface area contributed by atoms with E-state index in [2.05, 4.69) is 9.97 Å². The number of rotatable bonds is 8. The molecule has 8 nitrogen and oxygen atoms in total. The van der Waals surface area contributed by atoms with Crippen molar-refractivity contribution in [2.24, 2.45) is 0 Å². The van der Waals surface area contributed by atoms with Crippen LogP contribution in [-0.4, -0.2) is 41.1 Å². The monoisotopic (exact) mass is 570 g/mol. The highest BCUT2D eigenvalue weighted by atomic mass is 32.2. The third-order valence-electron chi connectivity index (χ3n) is 6.32. The highest BCUT2D eigenvalue weighted by molar-refractivity contribution is 8.13. The Hall–Kier alpha value is -4.02. The van der Waals surface area contributed by atoms with Gasteiger partial charge >= 0.3 is 0 Å². The normalized spacial score (nSPS) is 11.2. The van der Waals surface area contributed by atoms with Gasteiger partial charge in [-0.25, -0.2) is 9.97 Å². The number of imidazole rings is 2. The third-order valence-corrected chi connectivity index (χ3v) is 8.17. The Morgan fingerprint density at radius 3 is 1.48 bits per heavy atom. The summed E-state index contributed by atoms with van der Waals surface area (Å²) in [6.45, 7) is 3.51. The van der Waals surface area contributed by atoms with Crippen LogP contribution in [0.1, 0.15) is 68.6 Å². The van der Waals surface area contributed by atoms with Gasteiger partial charge in [-0.1, -0.05) is 85.9 Å². The molecule has 0 atom stereocenters. The average Bonchev–Trinajstić information content (AvgIpc) is 3.57. The molecule has 202 valence electrons. The van der Waals surface area contributed by atoms with Crippen molar-refractivity contribution in [2.75, 3.05) is 0 Å². The van der Waals surface area contributed by atoms with Crippen molar-refractivity contribution >= 4 is 67.6 Å². The van der Waals surface area contributed by atoms with Crippen LogP contribution in [0, 0.1) is 0 Å². The summed E-state index contributed by atoms with van der Waals surface area (Å²) in [6.07, 6.45) is 0.513. The Bertz CT molecular complexity index is 1650. The lowest BCUT2D eigenvalue weighted by molar-refractivity contribution is 0.0894. The molecule has 0 spiro atoms. The summed E-state index contributed by atoms with van der Waals surface area (Å²) in [5, 5.41) is -0.570. The molecule has 0 amide bonds. The van der Waals surface area contributed by atoms with Crippen molar-refractivity contribution < 1.29 is 19.2 Å². The molecule has 10 heteroatoms. The Balaban J connectivity index is 1.28. The Labute approximate surface area is 239 Å². The largest absolute Gasteiger partial charge is 0.278 e. The van der Waals surface area contributed by atoms with E-state index in [0.29, 0.717) is 33.6 Å². The number of nitrogens with zero attached hydrogens (tertiary/aromatic N) is 4. The van der Waals surface area contributed by atoms with Crippen LogP contribution >= 0.6 is 23.5 Å². The van der Waals surface area contributed by atoms with Crippen LogP contribution in [0.15, 0.2) is 72.8 Å². The molecule has 0 radical (unpaired) electrons. The van der Waals surface area contributed by atoms with E-state index >= 15 is 0 Å². The quantitative estimate of drug-likeness (QED) is 0.205. The Morgan fingerprint density at radius 2 is 1.05 bits per heavy atom. The molecule has 0 saturated heterocycles. The first-order valence-electron chi connectivity index (χ1n) is 12.8. The standard InChI is InChI=1S/C30H26N4O4S2/c1-3-25(35)33-23-14-7-5-12-21(23)31-27(33)29(37)39-17-19-10-9-11-20(16-19)18-40-30(38)28-32-22-13-6-8-15-24(22)34(28)26(36)4-2/h5-16H,3-4,17-18H2,1-2H3. The SMILES string of the molecule is CCC(=O)n1c(C(=O)SCc2cccc(CSC(=O)c3nc4ccccc4n3C(=O)CC)c2)nc2ccccc21. The lowest BCUT2D eigenvalue weighted by atomic mass is 10.2. The molecule has 0 fully saturated rings. The van der Waals surface area contributed by atoms with Gasteiger partial charge in [-0.2, -0.15) is 0 Å². The lowest BCUT2D eigenvalue weighted by Gasteiger charge is -2.07. The fraction of sp³-hybridized carbons (Fsp3) is 0.200. The number of para-hydroxylation sites is 4. The zero-order valence-electron chi connectivity index (χ0n) is 22.0. The summed E-state index contributed by atoms with van der Waals surface area (Å²) in [5.41, 5.74) is 4.26. The molecule has 2 aromatic heterocycles. The van der Waals surface area contributed by atoms with E-state index in [1.54, 1.807) is 38.1 Å². The maximum absolute atomic E-state index is 13.1. The molecule has 0 aliphatic carbocycles. The van der Waals surface area contributed by atoms with Gasteiger partial charge in [0.25, 0.3) is 10.2 Å². The molecule has 0 N–H and O–H groups in total. The number of carbonyl (C=O) groups excluding carboxylic acids is 4. The number of aromatic nitrogens is 4. The van der Waals surface area contributed by atoms with Crippen LogP contribution in [0.3, 0.4) is 0 Å². The van der Waals surface area contributed by atoms with Gasteiger partial charge in [-0.05, 0) is 35.4 Å². The number of hydrogen-bond donors (Lipinski definition) is 0. The van der Waals surface area contributed by atoms with Crippen LogP contribution in [0.4, 0.5) is 0 Å². The van der Waals surface area contributed by atoms with E-state index in [1.807, 2.05) is 48.5 Å². The fourth-order valence-electron chi connectivity index (χ4n) is 4.38. The molecule has 0 saturated carbocycles. The fourth-order valence-corrected chi connectivity index (χ4v) is 5.87. The third kappa shape index (κ3) is 5.50. The predicted molar refractivity (Wildman–Crippen MR) is 159 cm³/mol. The van der Waals surface area contributed by atoms with Crippen molar-refractivity contribution in [3.63, 3.8) is 0 Å². The van der Waals surface area contributed by atoms with Crippen molar-refractivity contribution in [3.05, 3.63) is 95.6 Å². The van der Waals surface area contributed by atoms with Crippen LogP contribution in [0.2, 0.25) is 0 Å². The molecule has 0 aliphatic heterocycles. The summed E-state index contributed by atoms with van der Waals surface area (Å²) in [5.74, 6) is 0.649. The van der Waals surface area contributed by atoms with Gasteiger partial charge in [0.1, 0.15) is 0 Å². The number of fused-ring (bicyclic) bond motifs is 2. The maximum Gasteiger partial charge on any atom is 0.255 e. The second kappa shape index (κ2) is 12.0. The van der Waals surface area contributed by atoms with Gasteiger partial charge in [0.05, 0.1) is 22.1 Å². The van der Waals surface area contributed by atoms with E-state index in [1.165, 1.54) is 9.13 Å². The van der Waals surface area contributed by atoms with Crippen molar-refractivity contribution in [1.82, 2.24) is 19.1 Å². The summed E-state index contributed by atoms with van der Waals surface area (Å²) in [7, 11) is 0. The van der Waals surface area contributed by atoms with E-state index in [4.69, 9.17) is 0 Å². The van der Waals surface area contributed by atoms with Crippen molar-refractivity contribution in [2.45, 2.75) is 38.2 Å². The van der Waals surface area contributed by atoms with Crippen LogP contribution in [0.5, 0.6) is 0 Å². The predicted octanol–water partition coefficient (Wildman–Crippen LogP) is 6.63. The van der Waals surface area contributed by atoms with Gasteiger partial charge in [-0.15, -0.1) is 0 Å².